The molecule has 2 aliphatic rings. The molecule has 216 valence electrons. The van der Waals surface area contributed by atoms with E-state index in [2.05, 4.69) is 38.1 Å². The smallest absolute Gasteiger partial charge is 0.407 e. The lowest BCUT2D eigenvalue weighted by Crippen LogP contribution is -2.49. The fourth-order valence-electron chi connectivity index (χ4n) is 4.95. The molecule has 1 aromatic heterocycles. The number of hydrogen-bond acceptors (Lipinski definition) is 7. The number of alkyl carbamates (subject to hydrolysis) is 1. The molecule has 3 heterocycles. The average molecular weight is 692 g/mol. The van der Waals surface area contributed by atoms with Crippen molar-refractivity contribution < 1.29 is 23.9 Å². The van der Waals surface area contributed by atoms with Crippen LogP contribution in [0.4, 0.5) is 16.4 Å². The van der Waals surface area contributed by atoms with Crippen molar-refractivity contribution >= 4 is 63.8 Å². The summed E-state index contributed by atoms with van der Waals surface area (Å²) in [4.78, 5) is 45.1. The maximum atomic E-state index is 13.7. The van der Waals surface area contributed by atoms with Crippen LogP contribution in [0.2, 0.25) is 5.02 Å². The van der Waals surface area contributed by atoms with Crippen LogP contribution in [0.5, 0.6) is 0 Å². The Morgan fingerprint density at radius 1 is 1.22 bits per heavy atom. The Morgan fingerprint density at radius 3 is 2.76 bits per heavy atom. The highest BCUT2D eigenvalue weighted by atomic mass is 127. The van der Waals surface area contributed by atoms with Gasteiger partial charge in [0.1, 0.15) is 21.6 Å². The van der Waals surface area contributed by atoms with Gasteiger partial charge in [0.25, 0.3) is 5.91 Å². The summed E-state index contributed by atoms with van der Waals surface area (Å²) in [5.74, 6) is -0.170. The molecule has 0 bridgehead atoms. The fraction of sp³-hybridized carbons (Fsp3) is 0.379. The van der Waals surface area contributed by atoms with E-state index in [-0.39, 0.29) is 18.6 Å². The molecule has 12 heteroatoms. The molecule has 0 saturated carbocycles. The van der Waals surface area contributed by atoms with E-state index in [0.29, 0.717) is 51.3 Å². The zero-order valence-electron chi connectivity index (χ0n) is 23.0. The molecular formula is C29H31ClIN5O5. The van der Waals surface area contributed by atoms with Gasteiger partial charge in [-0.05, 0) is 80.0 Å². The number of hydrogen-bond donors (Lipinski definition) is 2. The molecule has 2 aliphatic heterocycles. The van der Waals surface area contributed by atoms with Gasteiger partial charge in [-0.1, -0.05) is 35.9 Å². The number of carbonyl (C=O) groups is 3. The normalized spacial score (nSPS) is 16.7. The molecule has 2 N–H and O–H groups in total. The monoisotopic (exact) mass is 691 g/mol. The first-order valence-electron chi connectivity index (χ1n) is 13.3. The summed E-state index contributed by atoms with van der Waals surface area (Å²) in [7, 11) is 0. The second-order valence-electron chi connectivity index (χ2n) is 11.1. The predicted octanol–water partition coefficient (Wildman–Crippen LogP) is 5.61. The molecule has 41 heavy (non-hydrogen) atoms. The largest absolute Gasteiger partial charge is 0.457 e. The Bertz CT molecular complexity index is 1500. The van der Waals surface area contributed by atoms with Crippen LogP contribution in [0.25, 0.3) is 0 Å². The standard InChI is InChI=1S/C29H31ClIN5O5/c1-29(2,3)41-28(39)33-20-8-6-12-35(15-20)27-34-24(31)23(36(27)14-17-7-4-5-9-22(17)30)25(37)32-19-11-10-18-16-40-26(38)21(18)13-19/h4-5,7,9-11,13,20H,6,8,12,14-16H2,1-3H3,(H,32,37)(H,33,39)/t20-/m1/s1. The lowest BCUT2D eigenvalue weighted by molar-refractivity contribution is 0.0497. The van der Waals surface area contributed by atoms with E-state index in [9.17, 15) is 14.4 Å². The number of nitrogens with zero attached hydrogens (tertiary/aromatic N) is 3. The first kappa shape index (κ1) is 29.2. The van der Waals surface area contributed by atoms with Gasteiger partial charge in [-0.15, -0.1) is 0 Å². The van der Waals surface area contributed by atoms with Gasteiger partial charge < -0.3 is 29.6 Å². The molecule has 1 saturated heterocycles. The third-order valence-electron chi connectivity index (χ3n) is 6.78. The van der Waals surface area contributed by atoms with Crippen LogP contribution in [0, 0.1) is 3.70 Å². The number of amides is 2. The summed E-state index contributed by atoms with van der Waals surface area (Å²) in [5.41, 5.74) is 2.31. The number of nitrogens with one attached hydrogen (secondary N) is 2. The molecule has 10 nitrogen and oxygen atoms in total. The van der Waals surface area contributed by atoms with E-state index in [1.54, 1.807) is 18.2 Å². The van der Waals surface area contributed by atoms with Crippen LogP contribution in [0.15, 0.2) is 42.5 Å². The summed E-state index contributed by atoms with van der Waals surface area (Å²) in [5, 5.41) is 6.48. The number of halogens is 2. The number of imidazole rings is 1. The highest BCUT2D eigenvalue weighted by Gasteiger charge is 2.31. The first-order valence-corrected chi connectivity index (χ1v) is 14.8. The molecule has 1 fully saturated rings. The first-order chi connectivity index (χ1) is 19.5. The third-order valence-corrected chi connectivity index (χ3v) is 7.90. The van der Waals surface area contributed by atoms with Crippen molar-refractivity contribution in [1.29, 1.82) is 0 Å². The molecule has 0 unspecified atom stereocenters. The molecule has 0 radical (unpaired) electrons. The summed E-state index contributed by atoms with van der Waals surface area (Å²) >= 11 is 8.60. The van der Waals surface area contributed by atoms with E-state index in [1.165, 1.54) is 0 Å². The van der Waals surface area contributed by atoms with Gasteiger partial charge in [0, 0.05) is 35.4 Å². The van der Waals surface area contributed by atoms with Crippen molar-refractivity contribution in [2.45, 2.75) is 58.4 Å². The Morgan fingerprint density at radius 2 is 2.00 bits per heavy atom. The zero-order valence-corrected chi connectivity index (χ0v) is 25.9. The Hall–Kier alpha value is -3.32. The number of cyclic esters (lactones) is 1. The topological polar surface area (TPSA) is 115 Å². The number of anilines is 2. The predicted molar refractivity (Wildman–Crippen MR) is 164 cm³/mol. The van der Waals surface area contributed by atoms with Gasteiger partial charge in [-0.25, -0.2) is 14.6 Å². The number of benzene rings is 2. The van der Waals surface area contributed by atoms with Crippen molar-refractivity contribution in [2.75, 3.05) is 23.3 Å². The minimum atomic E-state index is -0.596. The summed E-state index contributed by atoms with van der Waals surface area (Å²) < 4.78 is 12.9. The van der Waals surface area contributed by atoms with E-state index in [1.807, 2.05) is 49.6 Å². The van der Waals surface area contributed by atoms with Gasteiger partial charge in [0.05, 0.1) is 12.1 Å². The van der Waals surface area contributed by atoms with Gasteiger partial charge >= 0.3 is 12.1 Å². The molecule has 2 amide bonds. The van der Waals surface area contributed by atoms with Crippen molar-refractivity contribution in [3.8, 4) is 0 Å². The second kappa shape index (κ2) is 11.9. The maximum absolute atomic E-state index is 13.7. The molecule has 0 spiro atoms. The van der Waals surface area contributed by atoms with E-state index >= 15 is 0 Å². The summed E-state index contributed by atoms with van der Waals surface area (Å²) in [6, 6.07) is 12.5. The highest BCUT2D eigenvalue weighted by molar-refractivity contribution is 14.1. The quantitative estimate of drug-likeness (QED) is 0.255. The van der Waals surface area contributed by atoms with Crippen LogP contribution < -0.4 is 15.5 Å². The Balaban J connectivity index is 1.44. The molecule has 2 aromatic carbocycles. The summed E-state index contributed by atoms with van der Waals surface area (Å²) in [6.07, 6.45) is 1.16. The number of ether oxygens (including phenoxy) is 2. The minimum absolute atomic E-state index is 0.148. The van der Waals surface area contributed by atoms with Gasteiger partial charge in [0.2, 0.25) is 5.95 Å². The number of fused-ring (bicyclic) bond motifs is 1. The number of piperidine rings is 1. The van der Waals surface area contributed by atoms with E-state index < -0.39 is 17.7 Å². The van der Waals surface area contributed by atoms with Crippen molar-refractivity contribution in [1.82, 2.24) is 14.9 Å². The van der Waals surface area contributed by atoms with Gasteiger partial charge in [-0.3, -0.25) is 4.79 Å². The van der Waals surface area contributed by atoms with Crippen LogP contribution in [-0.2, 0) is 22.6 Å². The maximum Gasteiger partial charge on any atom is 0.407 e. The lowest BCUT2D eigenvalue weighted by Gasteiger charge is -2.34. The highest BCUT2D eigenvalue weighted by Crippen LogP contribution is 2.29. The van der Waals surface area contributed by atoms with Crippen LogP contribution >= 0.6 is 34.2 Å². The van der Waals surface area contributed by atoms with Crippen LogP contribution in [0.1, 0.15) is 65.6 Å². The molecular weight excluding hydrogens is 661 g/mol. The second-order valence-corrected chi connectivity index (χ2v) is 12.5. The van der Waals surface area contributed by atoms with Crippen LogP contribution in [-0.4, -0.2) is 52.3 Å². The lowest BCUT2D eigenvalue weighted by atomic mass is 10.1. The van der Waals surface area contributed by atoms with E-state index in [4.69, 9.17) is 26.1 Å². The van der Waals surface area contributed by atoms with Crippen molar-refractivity contribution in [3.63, 3.8) is 0 Å². The SMILES string of the molecule is CC(C)(C)OC(=O)N[C@@H]1CCCN(c2nc(I)c(C(=O)Nc3ccc4c(c3)C(=O)OC4)n2Cc2ccccc2Cl)C1. The zero-order chi connectivity index (χ0) is 29.3. The van der Waals surface area contributed by atoms with Crippen LogP contribution in [0.3, 0.4) is 0 Å². The molecule has 3 aromatic rings. The Kier molecular flexibility index (Phi) is 8.46. The van der Waals surface area contributed by atoms with Crippen molar-refractivity contribution in [3.05, 3.63) is 73.6 Å². The molecule has 1 atom stereocenters. The van der Waals surface area contributed by atoms with Crippen molar-refractivity contribution in [2.24, 2.45) is 0 Å². The molecule has 0 aliphatic carbocycles. The van der Waals surface area contributed by atoms with Gasteiger partial charge in [-0.2, -0.15) is 0 Å². The summed E-state index contributed by atoms with van der Waals surface area (Å²) in [6.45, 7) is 7.23. The minimum Gasteiger partial charge on any atom is -0.457 e. The number of esters is 1. The van der Waals surface area contributed by atoms with Gasteiger partial charge in [0.15, 0.2) is 0 Å². The molecule has 5 rings (SSSR count). The third kappa shape index (κ3) is 6.78. The Labute approximate surface area is 256 Å². The average Bonchev–Trinajstić information content (AvgIpc) is 3.43. The fourth-order valence-corrected chi connectivity index (χ4v) is 5.90. The van der Waals surface area contributed by atoms with E-state index in [0.717, 1.165) is 24.0 Å². The number of carbonyl (C=O) groups excluding carboxylic acids is 3. The number of rotatable bonds is 6. The number of aromatic nitrogens is 2.